The van der Waals surface area contributed by atoms with Gasteiger partial charge in [-0.2, -0.15) is 0 Å². The average Bonchev–Trinajstić information content (AvgIpc) is 2.36. The molecule has 17 heavy (non-hydrogen) atoms. The lowest BCUT2D eigenvalue weighted by Gasteiger charge is -2.09. The second-order valence-electron chi connectivity index (χ2n) is 5.22. The maximum Gasteiger partial charge on any atom is 0.365 e. The summed E-state index contributed by atoms with van der Waals surface area (Å²) >= 11 is -1.05. The van der Waals surface area contributed by atoms with Crippen LogP contribution in [0.5, 0.6) is 0 Å². The first-order valence-electron chi connectivity index (χ1n) is 7.78. The summed E-state index contributed by atoms with van der Waals surface area (Å²) in [6, 6.07) is 0. The van der Waals surface area contributed by atoms with Crippen molar-refractivity contribution in [1.82, 2.24) is 0 Å². The molecule has 0 fully saturated rings. The molecule has 0 aromatic rings. The molecule has 0 saturated heterocycles. The highest BCUT2D eigenvalue weighted by molar-refractivity contribution is 6.90. The summed E-state index contributed by atoms with van der Waals surface area (Å²) in [5.41, 5.74) is 0. The van der Waals surface area contributed by atoms with Crippen molar-refractivity contribution in [3.8, 4) is 0 Å². The highest BCUT2D eigenvalue weighted by atomic mass is 27.2. The van der Waals surface area contributed by atoms with Crippen LogP contribution in [-0.4, -0.2) is 18.8 Å². The zero-order valence-corrected chi connectivity index (χ0v) is 13.4. The largest absolute Gasteiger partial charge is 0.365 e. The standard InChI is InChI=1S/2C6H13.C3H5O.Al/c2*1-3-5-6-4-2;1-2-3-4;/h2*1,3-6H2,2H3;2H2,1H3;. The number of carbonyl (C=O) groups is 1. The van der Waals surface area contributed by atoms with Crippen LogP contribution in [-0.2, 0) is 4.79 Å². The molecular weight excluding hydrogens is 223 g/mol. The van der Waals surface area contributed by atoms with Gasteiger partial charge in [0.2, 0.25) is 0 Å². The van der Waals surface area contributed by atoms with Crippen molar-refractivity contribution in [2.75, 3.05) is 0 Å². The Bertz CT molecular complexity index is 168. The summed E-state index contributed by atoms with van der Waals surface area (Å²) in [4.78, 5) is 11.9. The highest BCUT2D eigenvalue weighted by Crippen LogP contribution is 2.15. The molecule has 0 aliphatic heterocycles. The highest BCUT2D eigenvalue weighted by Gasteiger charge is 2.23. The van der Waals surface area contributed by atoms with Gasteiger partial charge in [0.25, 0.3) is 0 Å². The van der Waals surface area contributed by atoms with Crippen molar-refractivity contribution >= 4 is 18.8 Å². The first kappa shape index (κ1) is 17.2. The fourth-order valence-electron chi connectivity index (χ4n) is 2.39. The van der Waals surface area contributed by atoms with E-state index < -0.39 is 14.1 Å². The Labute approximate surface area is 113 Å². The zero-order valence-electron chi connectivity index (χ0n) is 12.3. The molecule has 0 heterocycles. The SMILES string of the molecule is CCCCC[CH2][Al]([CH2]CCCCC)[C](=O)CC. The molecule has 0 radical (unpaired) electrons. The third kappa shape index (κ3) is 9.86. The normalized spacial score (nSPS) is 10.5. The summed E-state index contributed by atoms with van der Waals surface area (Å²) in [6.45, 7) is 6.54. The van der Waals surface area contributed by atoms with Gasteiger partial charge in [0.1, 0.15) is 0 Å². The lowest BCUT2D eigenvalue weighted by atomic mass is 10.2. The molecule has 0 atom stereocenters. The van der Waals surface area contributed by atoms with Crippen molar-refractivity contribution in [3.63, 3.8) is 0 Å². The van der Waals surface area contributed by atoms with E-state index in [4.69, 9.17) is 0 Å². The van der Waals surface area contributed by atoms with Gasteiger partial charge in [0.05, 0.1) is 4.65 Å². The van der Waals surface area contributed by atoms with Crippen LogP contribution in [0.1, 0.15) is 78.6 Å². The van der Waals surface area contributed by atoms with Crippen LogP contribution >= 0.6 is 0 Å². The van der Waals surface area contributed by atoms with Gasteiger partial charge in [-0.25, -0.2) is 0 Å². The second-order valence-corrected chi connectivity index (χ2v) is 8.41. The molecule has 0 unspecified atom stereocenters. The summed E-state index contributed by atoms with van der Waals surface area (Å²) in [5, 5.41) is 2.55. The van der Waals surface area contributed by atoms with E-state index in [1.165, 1.54) is 61.9 Å². The number of carbonyl (C=O) groups excluding carboxylic acids is 1. The summed E-state index contributed by atoms with van der Waals surface area (Å²) in [5.74, 6) is 0. The molecule has 0 saturated carbocycles. The molecule has 0 aliphatic carbocycles. The van der Waals surface area contributed by atoms with Gasteiger partial charge in [-0.1, -0.05) is 82.7 Å². The van der Waals surface area contributed by atoms with Gasteiger partial charge >= 0.3 is 14.1 Å². The van der Waals surface area contributed by atoms with E-state index in [9.17, 15) is 4.79 Å². The molecule has 0 aromatic carbocycles. The van der Waals surface area contributed by atoms with Crippen LogP contribution in [0.3, 0.4) is 0 Å². The molecule has 1 nitrogen and oxygen atoms in total. The monoisotopic (exact) mass is 254 g/mol. The summed E-state index contributed by atoms with van der Waals surface area (Å²) in [7, 11) is 0. The predicted molar refractivity (Wildman–Crippen MR) is 79.0 cm³/mol. The topological polar surface area (TPSA) is 17.1 Å². The Morgan fingerprint density at radius 3 is 1.59 bits per heavy atom. The van der Waals surface area contributed by atoms with Gasteiger partial charge in [0.15, 0.2) is 0 Å². The fraction of sp³-hybridized carbons (Fsp3) is 0.933. The molecule has 2 heteroatoms. The van der Waals surface area contributed by atoms with Crippen molar-refractivity contribution in [2.24, 2.45) is 0 Å². The van der Waals surface area contributed by atoms with Gasteiger partial charge in [-0.15, -0.1) is 0 Å². The number of hydrogen-bond donors (Lipinski definition) is 0. The number of rotatable bonds is 12. The van der Waals surface area contributed by atoms with E-state index in [2.05, 4.69) is 13.8 Å². The number of hydrogen-bond acceptors (Lipinski definition) is 1. The molecule has 0 N–H and O–H groups in total. The first-order valence-corrected chi connectivity index (χ1v) is 9.99. The molecule has 0 rings (SSSR count). The average molecular weight is 254 g/mol. The van der Waals surface area contributed by atoms with Gasteiger partial charge in [-0.05, 0) is 6.42 Å². The van der Waals surface area contributed by atoms with Crippen molar-refractivity contribution < 1.29 is 4.79 Å². The van der Waals surface area contributed by atoms with E-state index in [1.54, 1.807) is 0 Å². The van der Waals surface area contributed by atoms with Gasteiger partial charge < -0.3 is 4.79 Å². The second kappa shape index (κ2) is 12.7. The Balaban J connectivity index is 3.76. The van der Waals surface area contributed by atoms with Gasteiger partial charge in [-0.3, -0.25) is 0 Å². The van der Waals surface area contributed by atoms with E-state index in [0.29, 0.717) is 4.65 Å². The molecule has 0 bridgehead atoms. The maximum absolute atomic E-state index is 11.9. The van der Waals surface area contributed by atoms with Gasteiger partial charge in [0, 0.05) is 0 Å². The van der Waals surface area contributed by atoms with Crippen LogP contribution in [0, 0.1) is 0 Å². The Morgan fingerprint density at radius 2 is 1.24 bits per heavy atom. The molecule has 0 aromatic heterocycles. The van der Waals surface area contributed by atoms with Crippen LogP contribution in [0.4, 0.5) is 0 Å². The Morgan fingerprint density at radius 1 is 0.765 bits per heavy atom. The predicted octanol–water partition coefficient (Wildman–Crippen LogP) is 5.16. The van der Waals surface area contributed by atoms with Crippen LogP contribution < -0.4 is 0 Å². The maximum atomic E-state index is 11.9. The van der Waals surface area contributed by atoms with Crippen LogP contribution in [0.15, 0.2) is 0 Å². The van der Waals surface area contributed by atoms with Crippen LogP contribution in [0.25, 0.3) is 0 Å². The molecular formula is C15H31AlO. The van der Waals surface area contributed by atoms with E-state index in [0.717, 1.165) is 6.42 Å². The van der Waals surface area contributed by atoms with Crippen molar-refractivity contribution in [3.05, 3.63) is 0 Å². The Hall–Kier alpha value is 0.202. The fourth-order valence-corrected chi connectivity index (χ4v) is 5.46. The lowest BCUT2D eigenvalue weighted by molar-refractivity contribution is -0.112. The molecule has 100 valence electrons. The lowest BCUT2D eigenvalue weighted by Crippen LogP contribution is -2.24. The first-order chi connectivity index (χ1) is 8.26. The van der Waals surface area contributed by atoms with Crippen LogP contribution in [0.2, 0.25) is 10.6 Å². The molecule has 0 spiro atoms. The summed E-state index contributed by atoms with van der Waals surface area (Å²) < 4.78 is 0.637. The number of unbranched alkanes of at least 4 members (excludes halogenated alkanes) is 6. The van der Waals surface area contributed by atoms with E-state index >= 15 is 0 Å². The van der Waals surface area contributed by atoms with E-state index in [-0.39, 0.29) is 0 Å². The molecule has 0 amide bonds. The minimum atomic E-state index is -1.05. The smallest absolute Gasteiger partial charge is 0.321 e. The minimum Gasteiger partial charge on any atom is -0.321 e. The third-order valence-corrected chi connectivity index (χ3v) is 7.15. The van der Waals surface area contributed by atoms with E-state index in [1.807, 2.05) is 6.92 Å². The summed E-state index contributed by atoms with van der Waals surface area (Å²) in [6.07, 6.45) is 11.4. The zero-order chi connectivity index (χ0) is 12.9. The minimum absolute atomic E-state index is 0.637. The van der Waals surface area contributed by atoms with Crippen molar-refractivity contribution in [2.45, 2.75) is 89.1 Å². The quantitative estimate of drug-likeness (QED) is 0.347. The van der Waals surface area contributed by atoms with Crippen molar-refractivity contribution in [1.29, 1.82) is 0 Å². The molecule has 0 aliphatic rings. The third-order valence-electron chi connectivity index (χ3n) is 3.62. The Kier molecular flexibility index (Phi) is 12.8.